The summed E-state index contributed by atoms with van der Waals surface area (Å²) >= 11 is 0. The van der Waals surface area contributed by atoms with E-state index in [2.05, 4.69) is 6.92 Å². The van der Waals surface area contributed by atoms with Gasteiger partial charge in [0.15, 0.2) is 5.78 Å². The van der Waals surface area contributed by atoms with Crippen LogP contribution in [-0.4, -0.2) is 75.5 Å². The van der Waals surface area contributed by atoms with Crippen molar-refractivity contribution in [2.45, 2.75) is 77.2 Å². The smallest absolute Gasteiger partial charge is 0.162 e. The minimum atomic E-state index is -0.737. The molecule has 202 valence electrons. The molecule has 0 aromatic heterocycles. The van der Waals surface area contributed by atoms with Crippen molar-refractivity contribution in [1.29, 1.82) is 0 Å². The molecule has 0 saturated heterocycles. The van der Waals surface area contributed by atoms with Gasteiger partial charge >= 0.3 is 0 Å². The highest BCUT2D eigenvalue weighted by atomic mass is 16.6. The van der Waals surface area contributed by atoms with Crippen molar-refractivity contribution in [1.82, 2.24) is 0 Å². The number of aliphatic hydroxyl groups is 2. The molecule has 1 unspecified atom stereocenters. The van der Waals surface area contributed by atoms with E-state index in [1.54, 1.807) is 24.3 Å². The summed E-state index contributed by atoms with van der Waals surface area (Å²) in [5.74, 6) is 0.170. The van der Waals surface area contributed by atoms with Gasteiger partial charge in [0.05, 0.1) is 59.5 Å². The Morgan fingerprint density at radius 2 is 1.20 bits per heavy atom. The van der Waals surface area contributed by atoms with Crippen LogP contribution in [0.5, 0.6) is 0 Å². The Bertz CT molecular complexity index is 606. The Morgan fingerprint density at radius 3 is 1.74 bits per heavy atom. The summed E-state index contributed by atoms with van der Waals surface area (Å²) in [6.07, 6.45) is 11.0. The largest absolute Gasteiger partial charge is 0.394 e. The SMILES string of the molecule is CCCCCCCCCCCC(=O)c1ccc(C(O)COCCOCCOCCOCCO)cc1. The molecule has 2 N–H and O–H groups in total. The number of Topliss-reactive ketones (excluding diaryl/α,β-unsaturated/α-hetero) is 1. The van der Waals surface area contributed by atoms with Gasteiger partial charge in [-0.3, -0.25) is 4.79 Å². The van der Waals surface area contributed by atoms with Crippen molar-refractivity contribution in [2.24, 2.45) is 0 Å². The number of rotatable bonds is 25. The molecule has 1 aromatic carbocycles. The van der Waals surface area contributed by atoms with Gasteiger partial charge in [0.2, 0.25) is 0 Å². The fourth-order valence-electron chi connectivity index (χ4n) is 3.65. The van der Waals surface area contributed by atoms with E-state index in [1.165, 1.54) is 44.9 Å². The molecule has 7 nitrogen and oxygen atoms in total. The van der Waals surface area contributed by atoms with Crippen molar-refractivity contribution < 1.29 is 34.0 Å². The summed E-state index contributed by atoms with van der Waals surface area (Å²) in [4.78, 5) is 12.4. The highest BCUT2D eigenvalue weighted by molar-refractivity contribution is 5.96. The number of unbranched alkanes of at least 4 members (excludes halogenated alkanes) is 8. The molecular weight excluding hydrogens is 448 g/mol. The third kappa shape index (κ3) is 17.7. The van der Waals surface area contributed by atoms with Crippen molar-refractivity contribution >= 4 is 5.78 Å². The Balaban J connectivity index is 2.05. The molecule has 1 rings (SSSR count). The van der Waals surface area contributed by atoms with Gasteiger partial charge in [-0.2, -0.15) is 0 Å². The Kier molecular flexibility index (Phi) is 20.9. The molecule has 0 saturated carbocycles. The van der Waals surface area contributed by atoms with E-state index in [-0.39, 0.29) is 19.0 Å². The van der Waals surface area contributed by atoms with Gasteiger partial charge in [-0.1, -0.05) is 82.6 Å². The molecule has 0 fully saturated rings. The van der Waals surface area contributed by atoms with Crippen LogP contribution in [0.4, 0.5) is 0 Å². The maximum Gasteiger partial charge on any atom is 0.162 e. The van der Waals surface area contributed by atoms with Crippen LogP contribution in [0.2, 0.25) is 0 Å². The summed E-state index contributed by atoms with van der Waals surface area (Å²) in [7, 11) is 0. The molecule has 1 atom stereocenters. The summed E-state index contributed by atoms with van der Waals surface area (Å²) < 4.78 is 21.3. The average Bonchev–Trinajstić information content (AvgIpc) is 2.88. The first-order valence-corrected chi connectivity index (χ1v) is 13.4. The van der Waals surface area contributed by atoms with Crippen LogP contribution >= 0.6 is 0 Å². The van der Waals surface area contributed by atoms with E-state index in [1.807, 2.05) is 0 Å². The van der Waals surface area contributed by atoms with Crippen LogP contribution < -0.4 is 0 Å². The second kappa shape index (κ2) is 23.1. The zero-order valence-electron chi connectivity index (χ0n) is 21.8. The number of carbonyl (C=O) groups is 1. The zero-order valence-corrected chi connectivity index (χ0v) is 21.8. The number of hydrogen-bond donors (Lipinski definition) is 2. The summed E-state index contributed by atoms with van der Waals surface area (Å²) in [5, 5.41) is 18.9. The standard InChI is InChI=1S/C28H48O7/c1-2-3-4-5-6-7-8-9-10-11-27(30)25-12-14-26(15-13-25)28(31)24-35-23-22-34-21-20-33-19-18-32-17-16-29/h12-15,28-29,31H,2-11,16-24H2,1H3. The lowest BCUT2D eigenvalue weighted by molar-refractivity contribution is -0.0188. The molecule has 1 aromatic rings. The summed E-state index contributed by atoms with van der Waals surface area (Å²) in [6, 6.07) is 7.20. The number of benzene rings is 1. The highest BCUT2D eigenvalue weighted by Gasteiger charge is 2.10. The number of aliphatic hydroxyl groups excluding tert-OH is 2. The third-order valence-electron chi connectivity index (χ3n) is 5.75. The number of carbonyl (C=O) groups excluding carboxylic acids is 1. The minimum absolute atomic E-state index is 0.0161. The van der Waals surface area contributed by atoms with Gasteiger partial charge in [-0.25, -0.2) is 0 Å². The summed E-state index contributed by atoms with van der Waals surface area (Å²) in [5.41, 5.74) is 1.44. The maximum absolute atomic E-state index is 12.4. The molecular formula is C28H48O7. The molecule has 0 aliphatic carbocycles. The number of ether oxygens (including phenoxy) is 4. The molecule has 0 aliphatic rings. The maximum atomic E-state index is 12.4. The second-order valence-corrected chi connectivity index (χ2v) is 8.78. The highest BCUT2D eigenvalue weighted by Crippen LogP contribution is 2.17. The van der Waals surface area contributed by atoms with Gasteiger partial charge in [0, 0.05) is 12.0 Å². The van der Waals surface area contributed by atoms with E-state index >= 15 is 0 Å². The van der Waals surface area contributed by atoms with Gasteiger partial charge in [-0.15, -0.1) is 0 Å². The van der Waals surface area contributed by atoms with Crippen LogP contribution in [0.3, 0.4) is 0 Å². The third-order valence-corrected chi connectivity index (χ3v) is 5.75. The predicted octanol–water partition coefficient (Wildman–Crippen LogP) is 4.88. The molecule has 35 heavy (non-hydrogen) atoms. The van der Waals surface area contributed by atoms with Crippen LogP contribution in [-0.2, 0) is 18.9 Å². The molecule has 0 amide bonds. The molecule has 0 heterocycles. The van der Waals surface area contributed by atoms with Crippen LogP contribution in [0.25, 0.3) is 0 Å². The molecule has 0 bridgehead atoms. The quantitative estimate of drug-likeness (QED) is 0.147. The average molecular weight is 497 g/mol. The molecule has 0 aliphatic heterocycles. The van der Waals surface area contributed by atoms with E-state index < -0.39 is 6.10 Å². The summed E-state index contributed by atoms with van der Waals surface area (Å²) in [6.45, 7) is 5.40. The first-order chi connectivity index (χ1) is 17.2. The topological polar surface area (TPSA) is 94.5 Å². The van der Waals surface area contributed by atoms with Crippen molar-refractivity contribution in [2.75, 3.05) is 59.5 Å². The fourth-order valence-corrected chi connectivity index (χ4v) is 3.65. The Hall–Kier alpha value is -1.35. The van der Waals surface area contributed by atoms with E-state index in [4.69, 9.17) is 24.1 Å². The minimum Gasteiger partial charge on any atom is -0.394 e. The monoisotopic (exact) mass is 496 g/mol. The van der Waals surface area contributed by atoms with Crippen molar-refractivity contribution in [3.05, 3.63) is 35.4 Å². The normalized spacial score (nSPS) is 12.2. The molecule has 0 spiro atoms. The van der Waals surface area contributed by atoms with Crippen molar-refractivity contribution in [3.8, 4) is 0 Å². The van der Waals surface area contributed by atoms with Crippen LogP contribution in [0.1, 0.15) is 93.2 Å². The van der Waals surface area contributed by atoms with Gasteiger partial charge in [0.1, 0.15) is 6.10 Å². The van der Waals surface area contributed by atoms with E-state index in [0.29, 0.717) is 58.2 Å². The van der Waals surface area contributed by atoms with Crippen molar-refractivity contribution in [3.63, 3.8) is 0 Å². The Morgan fingerprint density at radius 1 is 0.714 bits per heavy atom. The molecule has 0 radical (unpaired) electrons. The Labute approximate surface area is 212 Å². The predicted molar refractivity (Wildman–Crippen MR) is 138 cm³/mol. The fraction of sp³-hybridized carbons (Fsp3) is 0.750. The lowest BCUT2D eigenvalue weighted by Gasteiger charge is -2.12. The van der Waals surface area contributed by atoms with E-state index in [0.717, 1.165) is 18.4 Å². The lowest BCUT2D eigenvalue weighted by atomic mass is 10.0. The number of ketones is 1. The molecule has 7 heteroatoms. The van der Waals surface area contributed by atoms with Gasteiger partial charge in [0.25, 0.3) is 0 Å². The second-order valence-electron chi connectivity index (χ2n) is 8.78. The van der Waals surface area contributed by atoms with Crippen LogP contribution in [0.15, 0.2) is 24.3 Å². The first-order valence-electron chi connectivity index (χ1n) is 13.4. The zero-order chi connectivity index (χ0) is 25.4. The van der Waals surface area contributed by atoms with E-state index in [9.17, 15) is 9.90 Å². The lowest BCUT2D eigenvalue weighted by Crippen LogP contribution is -2.14. The van der Waals surface area contributed by atoms with Crippen LogP contribution in [0, 0.1) is 0 Å². The van der Waals surface area contributed by atoms with Gasteiger partial charge in [-0.05, 0) is 12.0 Å². The number of hydrogen-bond acceptors (Lipinski definition) is 7. The van der Waals surface area contributed by atoms with Gasteiger partial charge < -0.3 is 29.2 Å². The first kappa shape index (κ1) is 31.7.